The molecule has 0 aliphatic heterocycles. The van der Waals surface area contributed by atoms with E-state index in [4.69, 9.17) is 0 Å². The number of aromatic nitrogens is 2. The third-order valence-electron chi connectivity index (χ3n) is 4.92. The number of amides is 1. The van der Waals surface area contributed by atoms with Gasteiger partial charge in [0.25, 0.3) is 5.91 Å². The number of fused-ring (bicyclic) bond motifs is 1. The summed E-state index contributed by atoms with van der Waals surface area (Å²) in [5.41, 5.74) is 2.90. The van der Waals surface area contributed by atoms with E-state index in [0.717, 1.165) is 54.3 Å². The Labute approximate surface area is 155 Å². The summed E-state index contributed by atoms with van der Waals surface area (Å²) in [6, 6.07) is 12.7. The summed E-state index contributed by atoms with van der Waals surface area (Å²) in [6.07, 6.45) is 4.28. The Kier molecular flexibility index (Phi) is 4.71. The summed E-state index contributed by atoms with van der Waals surface area (Å²) >= 11 is 0. The first-order valence-corrected chi connectivity index (χ1v) is 8.96. The number of rotatable bonds is 4. The van der Waals surface area contributed by atoms with Crippen LogP contribution in [0, 0.1) is 11.6 Å². The number of hydrogen-bond acceptors (Lipinski definition) is 2. The molecule has 2 aromatic carbocycles. The molecule has 27 heavy (non-hydrogen) atoms. The quantitative estimate of drug-likeness (QED) is 0.757. The van der Waals surface area contributed by atoms with E-state index in [9.17, 15) is 13.6 Å². The maximum absolute atomic E-state index is 13.9. The van der Waals surface area contributed by atoms with Crippen molar-refractivity contribution in [2.75, 3.05) is 0 Å². The van der Waals surface area contributed by atoms with Gasteiger partial charge in [-0.2, -0.15) is 5.10 Å². The minimum atomic E-state index is -0.732. The normalized spacial score (nSPS) is 16.0. The third-order valence-corrected chi connectivity index (χ3v) is 4.92. The molecule has 1 heterocycles. The summed E-state index contributed by atoms with van der Waals surface area (Å²) in [7, 11) is 0. The Balaban J connectivity index is 1.55. The smallest absolute Gasteiger partial charge is 0.254 e. The van der Waals surface area contributed by atoms with Crippen molar-refractivity contribution in [3.05, 3.63) is 88.7 Å². The summed E-state index contributed by atoms with van der Waals surface area (Å²) in [6.45, 7) is 0.662. The zero-order valence-corrected chi connectivity index (χ0v) is 14.7. The third kappa shape index (κ3) is 3.60. The molecule has 1 aliphatic rings. The van der Waals surface area contributed by atoms with Crippen LogP contribution in [0.3, 0.4) is 0 Å². The lowest BCUT2D eigenvalue weighted by Gasteiger charge is -2.24. The van der Waals surface area contributed by atoms with E-state index in [1.165, 1.54) is 0 Å². The van der Waals surface area contributed by atoms with Gasteiger partial charge in [-0.15, -0.1) is 0 Å². The average Bonchev–Trinajstić information content (AvgIpc) is 3.08. The van der Waals surface area contributed by atoms with Gasteiger partial charge >= 0.3 is 0 Å². The fraction of sp³-hybridized carbons (Fsp3) is 0.238. The first kappa shape index (κ1) is 17.4. The van der Waals surface area contributed by atoms with Crippen LogP contribution in [0.1, 0.15) is 46.1 Å². The van der Waals surface area contributed by atoms with Crippen LogP contribution in [0.25, 0.3) is 0 Å². The van der Waals surface area contributed by atoms with Crippen molar-refractivity contribution in [1.82, 2.24) is 15.1 Å². The van der Waals surface area contributed by atoms with E-state index in [1.54, 1.807) is 6.20 Å². The molecule has 4 rings (SSSR count). The number of nitrogens with one attached hydrogen (secondary N) is 1. The van der Waals surface area contributed by atoms with Crippen molar-refractivity contribution >= 4 is 5.91 Å². The highest BCUT2D eigenvalue weighted by atomic mass is 19.1. The summed E-state index contributed by atoms with van der Waals surface area (Å²) in [4.78, 5) is 12.4. The van der Waals surface area contributed by atoms with E-state index in [-0.39, 0.29) is 11.6 Å². The molecular formula is C21H19F2N3O. The number of nitrogens with zero attached hydrogens (tertiary/aromatic N) is 2. The molecule has 1 aliphatic carbocycles. The Hall–Kier alpha value is -3.02. The van der Waals surface area contributed by atoms with Gasteiger partial charge in [0.2, 0.25) is 0 Å². The molecule has 1 aromatic heterocycles. The SMILES string of the molecule is O=C(N[C@@H]1CCCc2c1cnn2Cc1ccccc1)c1cc(F)ccc1F. The van der Waals surface area contributed by atoms with Crippen molar-refractivity contribution in [1.29, 1.82) is 0 Å². The highest BCUT2D eigenvalue weighted by Crippen LogP contribution is 2.30. The molecular weight excluding hydrogens is 348 g/mol. The summed E-state index contributed by atoms with van der Waals surface area (Å²) < 4.78 is 29.2. The molecule has 6 heteroatoms. The second-order valence-corrected chi connectivity index (χ2v) is 6.73. The lowest BCUT2D eigenvalue weighted by molar-refractivity contribution is 0.0928. The van der Waals surface area contributed by atoms with Gasteiger partial charge < -0.3 is 5.32 Å². The summed E-state index contributed by atoms with van der Waals surface area (Å²) in [5.74, 6) is -1.98. The number of benzene rings is 2. The van der Waals surface area contributed by atoms with Gasteiger partial charge in [-0.3, -0.25) is 9.48 Å². The van der Waals surface area contributed by atoms with Gasteiger partial charge in [0.1, 0.15) is 11.6 Å². The van der Waals surface area contributed by atoms with Crippen molar-refractivity contribution in [2.24, 2.45) is 0 Å². The molecule has 0 saturated heterocycles. The Morgan fingerprint density at radius 3 is 2.81 bits per heavy atom. The van der Waals surface area contributed by atoms with Crippen LogP contribution in [0.4, 0.5) is 8.78 Å². The fourth-order valence-corrected chi connectivity index (χ4v) is 3.57. The van der Waals surface area contributed by atoms with E-state index in [2.05, 4.69) is 10.4 Å². The molecule has 138 valence electrons. The lowest BCUT2D eigenvalue weighted by atomic mass is 9.92. The predicted octanol–water partition coefficient (Wildman–Crippen LogP) is 4.02. The Bertz CT molecular complexity index is 969. The van der Waals surface area contributed by atoms with Gasteiger partial charge in [-0.1, -0.05) is 30.3 Å². The van der Waals surface area contributed by atoms with Crippen LogP contribution in [-0.4, -0.2) is 15.7 Å². The van der Waals surface area contributed by atoms with Gasteiger partial charge in [0.05, 0.1) is 24.3 Å². The van der Waals surface area contributed by atoms with Gasteiger partial charge in [-0.05, 0) is 43.0 Å². The minimum absolute atomic E-state index is 0.256. The molecule has 3 aromatic rings. The van der Waals surface area contributed by atoms with Crippen LogP contribution in [0.15, 0.2) is 54.7 Å². The number of halogens is 2. The van der Waals surface area contributed by atoms with Gasteiger partial charge in [0, 0.05) is 11.3 Å². The van der Waals surface area contributed by atoms with E-state index >= 15 is 0 Å². The highest BCUT2D eigenvalue weighted by molar-refractivity contribution is 5.94. The molecule has 0 spiro atoms. The van der Waals surface area contributed by atoms with Crippen LogP contribution in [0.5, 0.6) is 0 Å². The number of hydrogen-bond donors (Lipinski definition) is 1. The van der Waals surface area contributed by atoms with Crippen LogP contribution >= 0.6 is 0 Å². The van der Waals surface area contributed by atoms with Crippen molar-refractivity contribution < 1.29 is 13.6 Å². The highest BCUT2D eigenvalue weighted by Gasteiger charge is 2.26. The Morgan fingerprint density at radius 1 is 1.19 bits per heavy atom. The zero-order chi connectivity index (χ0) is 18.8. The molecule has 1 N–H and O–H groups in total. The standard InChI is InChI=1S/C21H19F2N3O/c22-15-9-10-18(23)16(11-15)21(27)25-19-7-4-8-20-17(19)12-24-26(20)13-14-5-2-1-3-6-14/h1-3,5-6,9-12,19H,4,7-8,13H2,(H,25,27)/t19-/m1/s1. The van der Waals surface area contributed by atoms with Gasteiger partial charge in [-0.25, -0.2) is 8.78 Å². The van der Waals surface area contributed by atoms with E-state index in [1.807, 2.05) is 35.0 Å². The average molecular weight is 367 g/mol. The molecule has 0 unspecified atom stereocenters. The Morgan fingerprint density at radius 2 is 2.00 bits per heavy atom. The topological polar surface area (TPSA) is 46.9 Å². The molecule has 1 amide bonds. The van der Waals surface area contributed by atoms with Crippen molar-refractivity contribution in [3.63, 3.8) is 0 Å². The number of carbonyl (C=O) groups is 1. The van der Waals surface area contributed by atoms with E-state index < -0.39 is 17.5 Å². The first-order valence-electron chi connectivity index (χ1n) is 8.96. The maximum atomic E-state index is 13.9. The zero-order valence-electron chi connectivity index (χ0n) is 14.7. The molecule has 0 bridgehead atoms. The lowest BCUT2D eigenvalue weighted by Crippen LogP contribution is -2.31. The van der Waals surface area contributed by atoms with Crippen molar-refractivity contribution in [2.45, 2.75) is 31.8 Å². The molecule has 1 atom stereocenters. The van der Waals surface area contributed by atoms with Crippen LogP contribution < -0.4 is 5.32 Å². The fourth-order valence-electron chi connectivity index (χ4n) is 3.57. The molecule has 0 fully saturated rings. The summed E-state index contributed by atoms with van der Waals surface area (Å²) in [5, 5.41) is 7.32. The second-order valence-electron chi connectivity index (χ2n) is 6.73. The second kappa shape index (κ2) is 7.31. The number of carbonyl (C=O) groups excluding carboxylic acids is 1. The molecule has 0 radical (unpaired) electrons. The van der Waals surface area contributed by atoms with Gasteiger partial charge in [0.15, 0.2) is 0 Å². The molecule has 0 saturated carbocycles. The monoisotopic (exact) mass is 367 g/mol. The first-order chi connectivity index (χ1) is 13.1. The van der Waals surface area contributed by atoms with Crippen LogP contribution in [0.2, 0.25) is 0 Å². The molecule has 4 nitrogen and oxygen atoms in total. The minimum Gasteiger partial charge on any atom is -0.345 e. The largest absolute Gasteiger partial charge is 0.345 e. The van der Waals surface area contributed by atoms with Crippen LogP contribution in [-0.2, 0) is 13.0 Å². The predicted molar refractivity (Wildman–Crippen MR) is 97.3 cm³/mol. The van der Waals surface area contributed by atoms with Crippen molar-refractivity contribution in [3.8, 4) is 0 Å². The maximum Gasteiger partial charge on any atom is 0.254 e. The van der Waals surface area contributed by atoms with E-state index in [0.29, 0.717) is 6.54 Å².